The Morgan fingerprint density at radius 1 is 1.19 bits per heavy atom. The normalized spacial score (nSPS) is 30.8. The molecule has 1 aromatic carbocycles. The Kier molecular flexibility index (Phi) is 4.61. The number of benzene rings is 1. The molecule has 2 aliphatic heterocycles. The number of anilines is 1. The van der Waals surface area contributed by atoms with Crippen LogP contribution in [-0.4, -0.2) is 65.9 Å². The first-order valence-corrected chi connectivity index (χ1v) is 9.96. The standard InChI is InChI=1S/C19H24Cl2FN3O/c1-18-6-7-23(12-16(18)19(18,20)21)13-17(26)25-10-8-24(9-11-25)15-5-3-2-4-14(15)22/h2-5,16H,6-13H2,1H3. The number of para-hydroxylation sites is 1. The number of carbonyl (C=O) groups excluding carboxylic acids is 1. The van der Waals surface area contributed by atoms with Gasteiger partial charge in [-0.15, -0.1) is 23.2 Å². The summed E-state index contributed by atoms with van der Waals surface area (Å²) in [5, 5.41) is 0. The van der Waals surface area contributed by atoms with Crippen molar-refractivity contribution in [1.82, 2.24) is 9.80 Å². The average molecular weight is 400 g/mol. The molecule has 0 aromatic heterocycles. The predicted octanol–water partition coefficient (Wildman–Crippen LogP) is 2.99. The van der Waals surface area contributed by atoms with Gasteiger partial charge in [0.05, 0.1) is 12.2 Å². The van der Waals surface area contributed by atoms with Gasteiger partial charge >= 0.3 is 0 Å². The molecule has 0 spiro atoms. The number of hydrogen-bond acceptors (Lipinski definition) is 3. The van der Waals surface area contributed by atoms with Crippen molar-refractivity contribution in [3.63, 3.8) is 0 Å². The Balaban J connectivity index is 1.29. The highest BCUT2D eigenvalue weighted by molar-refractivity contribution is 6.51. The monoisotopic (exact) mass is 399 g/mol. The zero-order valence-corrected chi connectivity index (χ0v) is 16.4. The van der Waals surface area contributed by atoms with Crippen molar-refractivity contribution >= 4 is 34.8 Å². The predicted molar refractivity (Wildman–Crippen MR) is 102 cm³/mol. The third kappa shape index (κ3) is 2.98. The minimum atomic E-state index is -0.643. The summed E-state index contributed by atoms with van der Waals surface area (Å²) >= 11 is 12.8. The molecular weight excluding hydrogens is 376 g/mol. The van der Waals surface area contributed by atoms with Crippen molar-refractivity contribution in [1.29, 1.82) is 0 Å². The summed E-state index contributed by atoms with van der Waals surface area (Å²) in [6, 6.07) is 6.80. The van der Waals surface area contributed by atoms with Crippen LogP contribution in [0.15, 0.2) is 24.3 Å². The number of alkyl halides is 2. The van der Waals surface area contributed by atoms with Gasteiger partial charge in [0.1, 0.15) is 10.2 Å². The number of amides is 1. The maximum atomic E-state index is 13.9. The van der Waals surface area contributed by atoms with Gasteiger partial charge in [-0.05, 0) is 25.1 Å². The molecule has 142 valence electrons. The quantitative estimate of drug-likeness (QED) is 0.730. The third-order valence-electron chi connectivity index (χ3n) is 6.46. The molecule has 2 atom stereocenters. The Hall–Kier alpha value is -1.04. The number of fused-ring (bicyclic) bond motifs is 1. The van der Waals surface area contributed by atoms with Gasteiger partial charge in [0, 0.05) is 44.1 Å². The minimum Gasteiger partial charge on any atom is -0.366 e. The molecule has 2 saturated heterocycles. The second-order valence-electron chi connectivity index (χ2n) is 7.90. The van der Waals surface area contributed by atoms with Gasteiger partial charge in [-0.3, -0.25) is 9.69 Å². The zero-order valence-electron chi connectivity index (χ0n) is 14.9. The second kappa shape index (κ2) is 6.54. The Bertz CT molecular complexity index is 708. The van der Waals surface area contributed by atoms with Crippen LogP contribution in [0.25, 0.3) is 0 Å². The summed E-state index contributed by atoms with van der Waals surface area (Å²) in [7, 11) is 0. The summed E-state index contributed by atoms with van der Waals surface area (Å²) in [5.41, 5.74) is 0.616. The van der Waals surface area contributed by atoms with Crippen LogP contribution < -0.4 is 4.90 Å². The van der Waals surface area contributed by atoms with E-state index in [1.54, 1.807) is 12.1 Å². The molecule has 3 aliphatic rings. The summed E-state index contributed by atoms with van der Waals surface area (Å²) in [6.45, 7) is 6.74. The molecule has 0 N–H and O–H groups in total. The van der Waals surface area contributed by atoms with Gasteiger partial charge in [0.2, 0.25) is 5.91 Å². The highest BCUT2D eigenvalue weighted by Gasteiger charge is 2.73. The Morgan fingerprint density at radius 3 is 2.54 bits per heavy atom. The SMILES string of the molecule is CC12CCN(CC(=O)N3CCN(c4ccccc4F)CC3)CC1C2(Cl)Cl. The van der Waals surface area contributed by atoms with Crippen LogP contribution in [0.2, 0.25) is 0 Å². The third-order valence-corrected chi connectivity index (χ3v) is 7.85. The summed E-state index contributed by atoms with van der Waals surface area (Å²) in [5.74, 6) is 0.175. The van der Waals surface area contributed by atoms with Crippen LogP contribution in [0.4, 0.5) is 10.1 Å². The molecule has 4 nitrogen and oxygen atoms in total. The summed E-state index contributed by atoms with van der Waals surface area (Å²) in [6.07, 6.45) is 0.930. The number of halogens is 3. The van der Waals surface area contributed by atoms with E-state index in [1.165, 1.54) is 6.07 Å². The van der Waals surface area contributed by atoms with Crippen molar-refractivity contribution in [2.75, 3.05) is 50.7 Å². The van der Waals surface area contributed by atoms with Crippen LogP contribution >= 0.6 is 23.2 Å². The van der Waals surface area contributed by atoms with Crippen LogP contribution in [0.5, 0.6) is 0 Å². The first-order valence-electron chi connectivity index (χ1n) is 9.20. The van der Waals surface area contributed by atoms with Crippen LogP contribution in [-0.2, 0) is 4.79 Å². The first-order chi connectivity index (χ1) is 12.3. The highest BCUT2D eigenvalue weighted by Crippen LogP contribution is 2.72. The molecule has 0 bridgehead atoms. The number of likely N-dealkylation sites (tertiary alicyclic amines) is 1. The van der Waals surface area contributed by atoms with Crippen LogP contribution in [0, 0.1) is 17.2 Å². The number of nitrogens with zero attached hydrogens (tertiary/aromatic N) is 3. The maximum Gasteiger partial charge on any atom is 0.236 e. The minimum absolute atomic E-state index is 0.00103. The summed E-state index contributed by atoms with van der Waals surface area (Å²) < 4.78 is 13.3. The van der Waals surface area contributed by atoms with Gasteiger partial charge in [0.15, 0.2) is 0 Å². The molecular formula is C19H24Cl2FN3O. The lowest BCUT2D eigenvalue weighted by Gasteiger charge is -2.37. The average Bonchev–Trinajstić information content (AvgIpc) is 3.08. The van der Waals surface area contributed by atoms with Crippen molar-refractivity contribution < 1.29 is 9.18 Å². The highest BCUT2D eigenvalue weighted by atomic mass is 35.5. The largest absolute Gasteiger partial charge is 0.366 e. The van der Waals surface area contributed by atoms with Gasteiger partial charge in [-0.1, -0.05) is 19.1 Å². The smallest absolute Gasteiger partial charge is 0.236 e. The molecule has 0 radical (unpaired) electrons. The Morgan fingerprint density at radius 2 is 1.88 bits per heavy atom. The molecule has 26 heavy (non-hydrogen) atoms. The van der Waals surface area contributed by atoms with Gasteiger partial charge in [-0.25, -0.2) is 4.39 Å². The van der Waals surface area contributed by atoms with Crippen LogP contribution in [0.1, 0.15) is 13.3 Å². The van der Waals surface area contributed by atoms with E-state index in [-0.39, 0.29) is 23.1 Å². The van der Waals surface area contributed by atoms with Crippen LogP contribution in [0.3, 0.4) is 0 Å². The fourth-order valence-electron chi connectivity index (χ4n) is 4.41. The first kappa shape index (κ1) is 18.3. The number of rotatable bonds is 3. The molecule has 3 fully saturated rings. The van der Waals surface area contributed by atoms with E-state index < -0.39 is 4.33 Å². The van der Waals surface area contributed by atoms with E-state index in [1.807, 2.05) is 15.9 Å². The molecule has 1 saturated carbocycles. The van der Waals surface area contributed by atoms with E-state index in [9.17, 15) is 9.18 Å². The molecule has 7 heteroatoms. The molecule has 1 aliphatic carbocycles. The molecule has 1 amide bonds. The summed E-state index contributed by atoms with van der Waals surface area (Å²) in [4.78, 5) is 18.7. The van der Waals surface area contributed by atoms with Gasteiger partial charge in [-0.2, -0.15) is 0 Å². The van der Waals surface area contributed by atoms with Gasteiger partial charge < -0.3 is 9.80 Å². The maximum absolute atomic E-state index is 13.9. The number of piperazine rings is 1. The lowest BCUT2D eigenvalue weighted by molar-refractivity contribution is -0.133. The molecule has 2 heterocycles. The van der Waals surface area contributed by atoms with E-state index >= 15 is 0 Å². The number of hydrogen-bond donors (Lipinski definition) is 0. The van der Waals surface area contributed by atoms with E-state index in [0.717, 1.165) is 19.5 Å². The Labute approximate surface area is 163 Å². The van der Waals surface area contributed by atoms with Crippen molar-refractivity contribution in [3.05, 3.63) is 30.1 Å². The second-order valence-corrected chi connectivity index (χ2v) is 9.28. The number of carbonyl (C=O) groups is 1. The fourth-order valence-corrected chi connectivity index (χ4v) is 5.37. The number of piperidine rings is 1. The lowest BCUT2D eigenvalue weighted by atomic mass is 9.98. The van der Waals surface area contributed by atoms with Gasteiger partial charge in [0.25, 0.3) is 0 Å². The lowest BCUT2D eigenvalue weighted by Crippen LogP contribution is -2.52. The fraction of sp³-hybridized carbons (Fsp3) is 0.632. The van der Waals surface area contributed by atoms with Crippen molar-refractivity contribution in [2.45, 2.75) is 17.7 Å². The van der Waals surface area contributed by atoms with E-state index in [2.05, 4.69) is 11.8 Å². The topological polar surface area (TPSA) is 26.8 Å². The van der Waals surface area contributed by atoms with Crippen molar-refractivity contribution in [2.24, 2.45) is 11.3 Å². The van der Waals surface area contributed by atoms with E-state index in [4.69, 9.17) is 23.2 Å². The zero-order chi connectivity index (χ0) is 18.5. The van der Waals surface area contributed by atoms with Crippen molar-refractivity contribution in [3.8, 4) is 0 Å². The van der Waals surface area contributed by atoms with E-state index in [0.29, 0.717) is 38.4 Å². The molecule has 2 unspecified atom stereocenters. The molecule has 4 rings (SSSR count). The molecule has 1 aromatic rings.